The van der Waals surface area contributed by atoms with Crippen molar-refractivity contribution < 1.29 is 10.2 Å². The Morgan fingerprint density at radius 1 is 1.00 bits per heavy atom. The van der Waals surface area contributed by atoms with Gasteiger partial charge in [0.1, 0.15) is 0 Å². The minimum atomic E-state index is -0.120. The van der Waals surface area contributed by atoms with Crippen molar-refractivity contribution in [2.45, 2.75) is 65.4 Å². The van der Waals surface area contributed by atoms with Gasteiger partial charge < -0.3 is 10.2 Å². The first kappa shape index (κ1) is 14.9. The molecular formula is C13H28O2. The molecule has 0 radical (unpaired) electrons. The summed E-state index contributed by atoms with van der Waals surface area (Å²) in [6.07, 6.45) is 6.43. The van der Waals surface area contributed by atoms with Crippen molar-refractivity contribution in [1.82, 2.24) is 0 Å². The Hall–Kier alpha value is -0.0800. The highest BCUT2D eigenvalue weighted by Gasteiger charge is 2.12. The fourth-order valence-corrected chi connectivity index (χ4v) is 1.82. The highest BCUT2D eigenvalue weighted by molar-refractivity contribution is 4.64. The van der Waals surface area contributed by atoms with E-state index in [4.69, 9.17) is 5.11 Å². The summed E-state index contributed by atoms with van der Waals surface area (Å²) in [4.78, 5) is 0. The first-order valence-electron chi connectivity index (χ1n) is 6.40. The molecule has 0 heterocycles. The first-order valence-corrected chi connectivity index (χ1v) is 6.40. The van der Waals surface area contributed by atoms with Gasteiger partial charge in [-0.15, -0.1) is 0 Å². The molecule has 2 N–H and O–H groups in total. The molecule has 0 amide bonds. The number of hydrogen-bond donors (Lipinski definition) is 2. The average Bonchev–Trinajstić information content (AvgIpc) is 2.23. The van der Waals surface area contributed by atoms with Gasteiger partial charge in [-0.1, -0.05) is 40.0 Å². The molecule has 0 aromatic heterocycles. The van der Waals surface area contributed by atoms with E-state index in [0.717, 1.165) is 25.7 Å². The maximum Gasteiger partial charge on any atom is 0.0565 e. The summed E-state index contributed by atoms with van der Waals surface area (Å²) in [5, 5.41) is 18.6. The fourth-order valence-electron chi connectivity index (χ4n) is 1.82. The van der Waals surface area contributed by atoms with E-state index in [1.54, 1.807) is 0 Å². The third-order valence-corrected chi connectivity index (χ3v) is 3.16. The predicted octanol–water partition coefficient (Wildman–Crippen LogP) is 2.97. The lowest BCUT2D eigenvalue weighted by Gasteiger charge is -2.18. The van der Waals surface area contributed by atoms with Crippen LogP contribution in [0.5, 0.6) is 0 Å². The molecule has 2 nitrogen and oxygen atoms in total. The van der Waals surface area contributed by atoms with Crippen LogP contribution in [0.4, 0.5) is 0 Å². The summed E-state index contributed by atoms with van der Waals surface area (Å²) >= 11 is 0. The maximum atomic E-state index is 9.73. The van der Waals surface area contributed by atoms with Crippen molar-refractivity contribution in [3.8, 4) is 0 Å². The van der Waals surface area contributed by atoms with Crippen molar-refractivity contribution in [2.24, 2.45) is 11.8 Å². The predicted molar refractivity (Wildman–Crippen MR) is 64.8 cm³/mol. The number of aliphatic hydroxyl groups excluding tert-OH is 2. The van der Waals surface area contributed by atoms with Gasteiger partial charge in [-0.2, -0.15) is 0 Å². The topological polar surface area (TPSA) is 40.5 Å². The summed E-state index contributed by atoms with van der Waals surface area (Å²) < 4.78 is 0. The van der Waals surface area contributed by atoms with Crippen LogP contribution in [0.15, 0.2) is 0 Å². The summed E-state index contributed by atoms with van der Waals surface area (Å²) in [7, 11) is 0. The largest absolute Gasteiger partial charge is 0.396 e. The van der Waals surface area contributed by atoms with E-state index in [1.165, 1.54) is 12.8 Å². The second kappa shape index (κ2) is 9.17. The van der Waals surface area contributed by atoms with Crippen LogP contribution < -0.4 is 0 Å². The van der Waals surface area contributed by atoms with Gasteiger partial charge in [0, 0.05) is 6.61 Å². The van der Waals surface area contributed by atoms with Crippen LogP contribution >= 0.6 is 0 Å². The molecule has 0 aromatic carbocycles. The van der Waals surface area contributed by atoms with Gasteiger partial charge in [0.15, 0.2) is 0 Å². The lowest BCUT2D eigenvalue weighted by atomic mass is 9.93. The monoisotopic (exact) mass is 216 g/mol. The minimum absolute atomic E-state index is 0.120. The molecule has 0 aliphatic rings. The van der Waals surface area contributed by atoms with E-state index in [9.17, 15) is 5.11 Å². The molecule has 0 aliphatic heterocycles. The normalized spacial score (nSPS) is 17.4. The molecule has 2 heteroatoms. The summed E-state index contributed by atoms with van der Waals surface area (Å²) in [5.41, 5.74) is 0. The Bertz CT molecular complexity index is 136. The maximum absolute atomic E-state index is 9.73. The van der Waals surface area contributed by atoms with Crippen LogP contribution in [0.3, 0.4) is 0 Å². The van der Waals surface area contributed by atoms with Gasteiger partial charge in [0.05, 0.1) is 6.10 Å². The second-order valence-electron chi connectivity index (χ2n) is 4.91. The van der Waals surface area contributed by atoms with Crippen LogP contribution in [0.1, 0.15) is 59.3 Å². The second-order valence-corrected chi connectivity index (χ2v) is 4.91. The Kier molecular flexibility index (Phi) is 9.12. The highest BCUT2D eigenvalue weighted by Crippen LogP contribution is 2.18. The molecule has 0 saturated carbocycles. The number of rotatable bonds is 9. The van der Waals surface area contributed by atoms with Gasteiger partial charge >= 0.3 is 0 Å². The van der Waals surface area contributed by atoms with Gasteiger partial charge in [0.2, 0.25) is 0 Å². The number of unbranched alkanes of at least 4 members (excludes halogenated alkanes) is 1. The van der Waals surface area contributed by atoms with Crippen LogP contribution in [0.25, 0.3) is 0 Å². The number of hydrogen-bond acceptors (Lipinski definition) is 2. The molecule has 0 rings (SSSR count). The van der Waals surface area contributed by atoms with Crippen molar-refractivity contribution in [3.63, 3.8) is 0 Å². The van der Waals surface area contributed by atoms with Crippen LogP contribution in [0, 0.1) is 11.8 Å². The molecule has 0 aromatic rings. The molecule has 0 spiro atoms. The average molecular weight is 216 g/mol. The Balaban J connectivity index is 3.41. The van der Waals surface area contributed by atoms with E-state index in [1.807, 2.05) is 0 Å². The Labute approximate surface area is 94.7 Å². The van der Waals surface area contributed by atoms with Gasteiger partial charge in [-0.3, -0.25) is 0 Å². The van der Waals surface area contributed by atoms with Crippen LogP contribution in [0.2, 0.25) is 0 Å². The summed E-state index contributed by atoms with van der Waals surface area (Å²) in [6, 6.07) is 0. The van der Waals surface area contributed by atoms with Gasteiger partial charge in [-0.25, -0.2) is 0 Å². The number of aliphatic hydroxyl groups is 2. The lowest BCUT2D eigenvalue weighted by Crippen LogP contribution is -2.17. The molecule has 3 unspecified atom stereocenters. The highest BCUT2D eigenvalue weighted by atomic mass is 16.3. The van der Waals surface area contributed by atoms with E-state index in [-0.39, 0.29) is 6.10 Å². The minimum Gasteiger partial charge on any atom is -0.396 e. The first-order chi connectivity index (χ1) is 7.11. The van der Waals surface area contributed by atoms with Crippen molar-refractivity contribution >= 4 is 0 Å². The van der Waals surface area contributed by atoms with E-state index >= 15 is 0 Å². The van der Waals surface area contributed by atoms with Crippen molar-refractivity contribution in [3.05, 3.63) is 0 Å². The van der Waals surface area contributed by atoms with Gasteiger partial charge in [0.25, 0.3) is 0 Å². The van der Waals surface area contributed by atoms with Crippen LogP contribution in [-0.2, 0) is 0 Å². The van der Waals surface area contributed by atoms with E-state index < -0.39 is 0 Å². The molecule has 0 aliphatic carbocycles. The van der Waals surface area contributed by atoms with Crippen molar-refractivity contribution in [1.29, 1.82) is 0 Å². The van der Waals surface area contributed by atoms with Gasteiger partial charge in [-0.05, 0) is 31.1 Å². The molecular weight excluding hydrogens is 188 g/mol. The van der Waals surface area contributed by atoms with Crippen molar-refractivity contribution in [2.75, 3.05) is 6.61 Å². The molecule has 3 atom stereocenters. The Morgan fingerprint density at radius 2 is 1.60 bits per heavy atom. The quantitative estimate of drug-likeness (QED) is 0.582. The van der Waals surface area contributed by atoms with Crippen LogP contribution in [-0.4, -0.2) is 22.9 Å². The van der Waals surface area contributed by atoms with E-state index in [2.05, 4.69) is 20.8 Å². The lowest BCUT2D eigenvalue weighted by molar-refractivity contribution is 0.100. The fraction of sp³-hybridized carbons (Fsp3) is 1.00. The Morgan fingerprint density at radius 3 is 2.13 bits per heavy atom. The SMILES string of the molecule is CCCC(O)C(C)CCCCC(C)CO. The third kappa shape index (κ3) is 7.80. The zero-order chi connectivity index (χ0) is 11.7. The molecule has 0 bridgehead atoms. The molecule has 92 valence electrons. The smallest absolute Gasteiger partial charge is 0.0565 e. The summed E-state index contributed by atoms with van der Waals surface area (Å²) in [5.74, 6) is 0.857. The summed E-state index contributed by atoms with van der Waals surface area (Å²) in [6.45, 7) is 6.62. The molecule has 0 saturated heterocycles. The van der Waals surface area contributed by atoms with E-state index in [0.29, 0.717) is 18.4 Å². The standard InChI is InChI=1S/C13H28O2/c1-4-7-13(15)12(3)9-6-5-8-11(2)10-14/h11-15H,4-10H2,1-3H3. The zero-order valence-corrected chi connectivity index (χ0v) is 10.6. The third-order valence-electron chi connectivity index (χ3n) is 3.16. The molecule has 15 heavy (non-hydrogen) atoms. The zero-order valence-electron chi connectivity index (χ0n) is 10.6. The molecule has 0 fully saturated rings.